The zero-order valence-electron chi connectivity index (χ0n) is 13.1. The molecular formula is C19H22O3. The van der Waals surface area contributed by atoms with Crippen molar-refractivity contribution in [1.82, 2.24) is 0 Å². The zero-order valence-corrected chi connectivity index (χ0v) is 13.1. The number of carboxylic acids is 1. The van der Waals surface area contributed by atoms with E-state index in [2.05, 4.69) is 50.2 Å². The van der Waals surface area contributed by atoms with Crippen LogP contribution in [0, 0.1) is 0 Å². The summed E-state index contributed by atoms with van der Waals surface area (Å²) in [5.74, 6) is -0.0124. The van der Waals surface area contributed by atoms with Gasteiger partial charge in [-0.05, 0) is 29.7 Å². The molecule has 0 atom stereocenters. The Hall–Kier alpha value is -2.29. The van der Waals surface area contributed by atoms with Crippen LogP contribution in [0.4, 0.5) is 0 Å². The average Bonchev–Trinajstić information content (AvgIpc) is 2.53. The molecule has 0 amide bonds. The molecule has 1 N–H and O–H groups in total. The maximum absolute atomic E-state index is 10.4. The molecule has 2 rings (SSSR count). The highest BCUT2D eigenvalue weighted by Crippen LogP contribution is 2.32. The molecule has 0 aliphatic heterocycles. The van der Waals surface area contributed by atoms with E-state index in [0.717, 1.165) is 5.75 Å². The average molecular weight is 298 g/mol. The molecule has 3 heteroatoms. The van der Waals surface area contributed by atoms with Gasteiger partial charge in [0.15, 0.2) is 0 Å². The van der Waals surface area contributed by atoms with Crippen LogP contribution in [0.1, 0.15) is 37.8 Å². The number of hydrogen-bond donors (Lipinski definition) is 1. The van der Waals surface area contributed by atoms with Crippen LogP contribution in [0.5, 0.6) is 5.75 Å². The Kier molecular flexibility index (Phi) is 5.21. The molecule has 0 saturated carbocycles. The SMILES string of the molecule is CC(C)(c1ccccc1)c1ccc(OCCCC(=O)O)cc1. The smallest absolute Gasteiger partial charge is 0.303 e. The highest BCUT2D eigenvalue weighted by atomic mass is 16.5. The second-order valence-corrected chi connectivity index (χ2v) is 5.86. The lowest BCUT2D eigenvalue weighted by Crippen LogP contribution is -2.18. The number of carboxylic acid groups (broad SMARTS) is 1. The van der Waals surface area contributed by atoms with Gasteiger partial charge < -0.3 is 9.84 Å². The maximum Gasteiger partial charge on any atom is 0.303 e. The van der Waals surface area contributed by atoms with E-state index in [-0.39, 0.29) is 11.8 Å². The second kappa shape index (κ2) is 7.12. The Morgan fingerprint density at radius 2 is 1.59 bits per heavy atom. The molecule has 0 aliphatic rings. The minimum Gasteiger partial charge on any atom is -0.494 e. The monoisotopic (exact) mass is 298 g/mol. The van der Waals surface area contributed by atoms with Crippen molar-refractivity contribution in [1.29, 1.82) is 0 Å². The largest absolute Gasteiger partial charge is 0.494 e. The van der Waals surface area contributed by atoms with Gasteiger partial charge in [-0.1, -0.05) is 56.3 Å². The second-order valence-electron chi connectivity index (χ2n) is 5.86. The summed E-state index contributed by atoms with van der Waals surface area (Å²) in [4.78, 5) is 10.4. The Bertz CT molecular complexity index is 600. The number of benzene rings is 2. The summed E-state index contributed by atoms with van der Waals surface area (Å²) in [6, 6.07) is 18.4. The van der Waals surface area contributed by atoms with Crippen molar-refractivity contribution in [2.75, 3.05) is 6.61 Å². The predicted molar refractivity (Wildman–Crippen MR) is 87.4 cm³/mol. The van der Waals surface area contributed by atoms with Gasteiger partial charge in [-0.25, -0.2) is 0 Å². The summed E-state index contributed by atoms with van der Waals surface area (Å²) in [7, 11) is 0. The summed E-state index contributed by atoms with van der Waals surface area (Å²) in [6.45, 7) is 4.82. The van der Waals surface area contributed by atoms with Crippen LogP contribution in [0.2, 0.25) is 0 Å². The van der Waals surface area contributed by atoms with E-state index in [1.807, 2.05) is 18.2 Å². The molecule has 0 bridgehead atoms. The van der Waals surface area contributed by atoms with Crippen molar-refractivity contribution in [2.24, 2.45) is 0 Å². The lowest BCUT2D eigenvalue weighted by Gasteiger charge is -2.26. The maximum atomic E-state index is 10.4. The fourth-order valence-corrected chi connectivity index (χ4v) is 2.40. The third kappa shape index (κ3) is 4.10. The summed E-state index contributed by atoms with van der Waals surface area (Å²) in [6.07, 6.45) is 0.658. The van der Waals surface area contributed by atoms with E-state index < -0.39 is 5.97 Å². The van der Waals surface area contributed by atoms with Crippen molar-refractivity contribution in [3.63, 3.8) is 0 Å². The molecule has 0 aliphatic carbocycles. The van der Waals surface area contributed by atoms with Gasteiger partial charge >= 0.3 is 5.97 Å². The first-order valence-corrected chi connectivity index (χ1v) is 7.51. The van der Waals surface area contributed by atoms with Gasteiger partial charge in [-0.2, -0.15) is 0 Å². The first-order chi connectivity index (χ1) is 10.5. The van der Waals surface area contributed by atoms with E-state index >= 15 is 0 Å². The number of rotatable bonds is 7. The van der Waals surface area contributed by atoms with Crippen LogP contribution in [-0.2, 0) is 10.2 Å². The molecule has 2 aromatic carbocycles. The van der Waals surface area contributed by atoms with E-state index in [9.17, 15) is 4.79 Å². The lowest BCUT2D eigenvalue weighted by atomic mass is 9.78. The minimum absolute atomic E-state index is 0.0664. The van der Waals surface area contributed by atoms with E-state index in [4.69, 9.17) is 9.84 Å². The molecule has 0 saturated heterocycles. The standard InChI is InChI=1S/C19H22O3/c1-19(2,15-7-4-3-5-8-15)16-10-12-17(13-11-16)22-14-6-9-18(20)21/h3-5,7-8,10-13H,6,9,14H2,1-2H3,(H,20,21). The van der Waals surface area contributed by atoms with Gasteiger partial charge in [0.25, 0.3) is 0 Å². The highest BCUT2D eigenvalue weighted by Gasteiger charge is 2.22. The number of carbonyl (C=O) groups is 1. The van der Waals surface area contributed by atoms with E-state index in [1.54, 1.807) is 0 Å². The summed E-state index contributed by atoms with van der Waals surface area (Å²) in [5.41, 5.74) is 2.42. The van der Waals surface area contributed by atoms with Crippen molar-refractivity contribution in [2.45, 2.75) is 32.1 Å². The molecule has 0 heterocycles. The molecule has 116 valence electrons. The van der Waals surface area contributed by atoms with Gasteiger partial charge in [-0.15, -0.1) is 0 Å². The first kappa shape index (κ1) is 16.1. The van der Waals surface area contributed by atoms with Crippen molar-refractivity contribution in [3.8, 4) is 5.75 Å². The van der Waals surface area contributed by atoms with E-state index in [0.29, 0.717) is 13.0 Å². The number of ether oxygens (including phenoxy) is 1. The quantitative estimate of drug-likeness (QED) is 0.777. The summed E-state index contributed by atoms with van der Waals surface area (Å²) < 4.78 is 5.57. The van der Waals surface area contributed by atoms with Gasteiger partial charge in [0.1, 0.15) is 5.75 Å². The molecule has 0 fully saturated rings. The first-order valence-electron chi connectivity index (χ1n) is 7.51. The number of aliphatic carboxylic acids is 1. The molecule has 2 aromatic rings. The van der Waals surface area contributed by atoms with E-state index in [1.165, 1.54) is 11.1 Å². The normalized spacial score (nSPS) is 11.2. The lowest BCUT2D eigenvalue weighted by molar-refractivity contribution is -0.137. The molecule has 0 radical (unpaired) electrons. The summed E-state index contributed by atoms with van der Waals surface area (Å²) in [5, 5.41) is 8.59. The molecule has 22 heavy (non-hydrogen) atoms. The van der Waals surface area contributed by atoms with Crippen LogP contribution >= 0.6 is 0 Å². The van der Waals surface area contributed by atoms with Gasteiger partial charge in [0, 0.05) is 11.8 Å². The fraction of sp³-hybridized carbons (Fsp3) is 0.316. The molecular weight excluding hydrogens is 276 g/mol. The Balaban J connectivity index is 2.01. The van der Waals surface area contributed by atoms with Gasteiger partial charge in [0.2, 0.25) is 0 Å². The minimum atomic E-state index is -0.788. The Labute approximate surface area is 131 Å². The molecule has 3 nitrogen and oxygen atoms in total. The van der Waals surface area contributed by atoms with Crippen molar-refractivity contribution >= 4 is 5.97 Å². The molecule has 0 spiro atoms. The third-order valence-electron chi connectivity index (χ3n) is 3.88. The predicted octanol–water partition coefficient (Wildman–Crippen LogP) is 4.26. The Morgan fingerprint density at radius 1 is 1.00 bits per heavy atom. The van der Waals surface area contributed by atoms with Crippen LogP contribution in [-0.4, -0.2) is 17.7 Å². The fourth-order valence-electron chi connectivity index (χ4n) is 2.40. The van der Waals surface area contributed by atoms with Crippen LogP contribution in [0.3, 0.4) is 0 Å². The van der Waals surface area contributed by atoms with Gasteiger partial charge in [0.05, 0.1) is 6.61 Å². The topological polar surface area (TPSA) is 46.5 Å². The van der Waals surface area contributed by atoms with Gasteiger partial charge in [-0.3, -0.25) is 4.79 Å². The summed E-state index contributed by atoms with van der Waals surface area (Å²) >= 11 is 0. The Morgan fingerprint density at radius 3 is 2.18 bits per heavy atom. The zero-order chi connectivity index (χ0) is 16.0. The van der Waals surface area contributed by atoms with Crippen molar-refractivity contribution in [3.05, 3.63) is 65.7 Å². The molecule has 0 aromatic heterocycles. The van der Waals surface area contributed by atoms with Crippen LogP contribution < -0.4 is 4.74 Å². The third-order valence-corrected chi connectivity index (χ3v) is 3.88. The van der Waals surface area contributed by atoms with Crippen molar-refractivity contribution < 1.29 is 14.6 Å². The molecule has 0 unspecified atom stereocenters. The van der Waals surface area contributed by atoms with Crippen LogP contribution in [0.25, 0.3) is 0 Å². The highest BCUT2D eigenvalue weighted by molar-refractivity contribution is 5.66. The number of hydrogen-bond acceptors (Lipinski definition) is 2. The van der Waals surface area contributed by atoms with Crippen LogP contribution in [0.15, 0.2) is 54.6 Å².